The molecule has 2 aromatic heterocycles. The van der Waals surface area contributed by atoms with Gasteiger partial charge in [-0.1, -0.05) is 30.3 Å². The lowest BCUT2D eigenvalue weighted by Gasteiger charge is -2.40. The van der Waals surface area contributed by atoms with Gasteiger partial charge in [0.2, 0.25) is 0 Å². The van der Waals surface area contributed by atoms with Gasteiger partial charge in [-0.15, -0.1) is 11.8 Å². The molecular formula is C27H31N3O3S. The first-order chi connectivity index (χ1) is 16.5. The minimum absolute atomic E-state index is 0.0225. The molecule has 0 aliphatic carbocycles. The monoisotopic (exact) mass is 477 g/mol. The number of benzene rings is 1. The molecule has 1 unspecified atom stereocenters. The number of piperidine rings is 1. The highest BCUT2D eigenvalue weighted by molar-refractivity contribution is 7.98. The molecule has 0 spiro atoms. The Morgan fingerprint density at radius 2 is 1.85 bits per heavy atom. The molecule has 1 saturated heterocycles. The second-order valence-corrected chi connectivity index (χ2v) is 9.55. The highest BCUT2D eigenvalue weighted by Gasteiger charge is 2.34. The lowest BCUT2D eigenvalue weighted by molar-refractivity contribution is 0.0519. The van der Waals surface area contributed by atoms with E-state index in [2.05, 4.69) is 17.1 Å². The van der Waals surface area contributed by atoms with Gasteiger partial charge in [-0.05, 0) is 62.1 Å². The van der Waals surface area contributed by atoms with Gasteiger partial charge < -0.3 is 14.2 Å². The summed E-state index contributed by atoms with van der Waals surface area (Å²) in [6.07, 6.45) is 7.69. The SMILES string of the molecule is CSc1ncccc1C(=O)N1CCC(C(Cc2ccccc2)N(C)C(=O)c2ccoc2C)CC1. The molecule has 1 aromatic carbocycles. The van der Waals surface area contributed by atoms with E-state index >= 15 is 0 Å². The molecule has 1 atom stereocenters. The largest absolute Gasteiger partial charge is 0.469 e. The summed E-state index contributed by atoms with van der Waals surface area (Å²) in [5.41, 5.74) is 2.47. The zero-order valence-electron chi connectivity index (χ0n) is 19.9. The van der Waals surface area contributed by atoms with Crippen LogP contribution < -0.4 is 0 Å². The van der Waals surface area contributed by atoms with E-state index in [4.69, 9.17) is 4.42 Å². The third-order valence-electron chi connectivity index (χ3n) is 6.76. The van der Waals surface area contributed by atoms with Crippen LogP contribution in [0.1, 0.15) is 44.9 Å². The topological polar surface area (TPSA) is 66.7 Å². The normalized spacial score (nSPS) is 15.2. The predicted octanol–water partition coefficient (Wildman–Crippen LogP) is 4.94. The summed E-state index contributed by atoms with van der Waals surface area (Å²) >= 11 is 1.49. The zero-order chi connectivity index (χ0) is 24.1. The second-order valence-electron chi connectivity index (χ2n) is 8.75. The summed E-state index contributed by atoms with van der Waals surface area (Å²) in [6, 6.07) is 15.7. The molecule has 3 heterocycles. The Bertz CT molecular complexity index is 1120. The first-order valence-electron chi connectivity index (χ1n) is 11.6. The summed E-state index contributed by atoms with van der Waals surface area (Å²) < 4.78 is 5.38. The molecule has 1 fully saturated rings. The number of pyridine rings is 1. The summed E-state index contributed by atoms with van der Waals surface area (Å²) in [4.78, 5) is 34.6. The number of hydrogen-bond donors (Lipinski definition) is 0. The highest BCUT2D eigenvalue weighted by atomic mass is 32.2. The molecule has 0 bridgehead atoms. The van der Waals surface area contributed by atoms with Crippen LogP contribution in [0.15, 0.2) is 70.4 Å². The Kier molecular flexibility index (Phi) is 7.73. The van der Waals surface area contributed by atoms with Crippen LogP contribution >= 0.6 is 11.8 Å². The predicted molar refractivity (Wildman–Crippen MR) is 134 cm³/mol. The number of furan rings is 1. The van der Waals surface area contributed by atoms with Crippen molar-refractivity contribution in [3.05, 3.63) is 83.4 Å². The minimum atomic E-state index is -0.0225. The van der Waals surface area contributed by atoms with Crippen LogP contribution in [0.5, 0.6) is 0 Å². The third kappa shape index (κ3) is 5.20. The van der Waals surface area contributed by atoms with Gasteiger partial charge in [0, 0.05) is 32.4 Å². The Morgan fingerprint density at radius 3 is 2.50 bits per heavy atom. The number of carbonyl (C=O) groups excluding carboxylic acids is 2. The van der Waals surface area contributed by atoms with Crippen molar-refractivity contribution in [1.82, 2.24) is 14.8 Å². The summed E-state index contributed by atoms with van der Waals surface area (Å²) in [6.45, 7) is 3.16. The smallest absolute Gasteiger partial charge is 0.257 e. The lowest BCUT2D eigenvalue weighted by Crippen LogP contribution is -2.48. The van der Waals surface area contributed by atoms with Gasteiger partial charge in [-0.3, -0.25) is 9.59 Å². The van der Waals surface area contributed by atoms with Crippen LogP contribution in [0.4, 0.5) is 0 Å². The number of rotatable bonds is 7. The van der Waals surface area contributed by atoms with Gasteiger partial charge in [0.1, 0.15) is 10.8 Å². The van der Waals surface area contributed by atoms with Crippen molar-refractivity contribution in [2.75, 3.05) is 26.4 Å². The Balaban J connectivity index is 1.50. The van der Waals surface area contributed by atoms with Gasteiger partial charge in [-0.2, -0.15) is 0 Å². The van der Waals surface area contributed by atoms with Crippen LogP contribution in [0.2, 0.25) is 0 Å². The third-order valence-corrected chi connectivity index (χ3v) is 7.47. The Labute approximate surface area is 205 Å². The number of thioether (sulfide) groups is 1. The molecule has 0 N–H and O–H groups in total. The van der Waals surface area contributed by atoms with Crippen LogP contribution in [-0.2, 0) is 6.42 Å². The van der Waals surface area contributed by atoms with Crippen molar-refractivity contribution in [1.29, 1.82) is 0 Å². The maximum Gasteiger partial charge on any atom is 0.257 e. The van der Waals surface area contributed by atoms with E-state index in [0.717, 1.165) is 24.3 Å². The van der Waals surface area contributed by atoms with E-state index < -0.39 is 0 Å². The molecule has 1 aliphatic heterocycles. The molecule has 178 valence electrons. The van der Waals surface area contributed by atoms with Crippen molar-refractivity contribution >= 4 is 23.6 Å². The number of likely N-dealkylation sites (tertiary alicyclic amines) is 1. The van der Waals surface area contributed by atoms with E-state index in [9.17, 15) is 9.59 Å². The molecule has 0 saturated carbocycles. The van der Waals surface area contributed by atoms with Gasteiger partial charge >= 0.3 is 0 Å². The van der Waals surface area contributed by atoms with Crippen molar-refractivity contribution in [2.24, 2.45) is 5.92 Å². The van der Waals surface area contributed by atoms with E-state index in [1.807, 2.05) is 60.4 Å². The van der Waals surface area contributed by atoms with E-state index in [1.165, 1.54) is 17.3 Å². The molecule has 3 aromatic rings. The van der Waals surface area contributed by atoms with Crippen LogP contribution in [0.3, 0.4) is 0 Å². The molecule has 2 amide bonds. The molecule has 4 rings (SSSR count). The van der Waals surface area contributed by atoms with Gasteiger partial charge in [-0.25, -0.2) is 4.98 Å². The Hall–Kier alpha value is -3.06. The number of likely N-dealkylation sites (N-methyl/N-ethyl adjacent to an activating group) is 1. The Morgan fingerprint density at radius 1 is 1.12 bits per heavy atom. The number of carbonyl (C=O) groups is 2. The van der Waals surface area contributed by atoms with Crippen molar-refractivity contribution in [2.45, 2.75) is 37.3 Å². The van der Waals surface area contributed by atoms with Crippen LogP contribution in [-0.4, -0.2) is 59.0 Å². The fourth-order valence-corrected chi connectivity index (χ4v) is 5.34. The standard InChI is InChI=1S/C27H31N3O3S/c1-19-22(13-17-33-19)26(31)29(2)24(18-20-8-5-4-6-9-20)21-11-15-30(16-12-21)27(32)23-10-7-14-28-25(23)34-3/h4-10,13-14,17,21,24H,11-12,15-16,18H2,1-3H3. The van der Waals surface area contributed by atoms with Crippen molar-refractivity contribution in [3.63, 3.8) is 0 Å². The van der Waals surface area contributed by atoms with E-state index in [1.54, 1.807) is 18.5 Å². The number of nitrogens with zero attached hydrogens (tertiary/aromatic N) is 3. The molecule has 7 heteroatoms. The number of aromatic nitrogens is 1. The van der Waals surface area contributed by atoms with Gasteiger partial charge in [0.05, 0.1) is 17.4 Å². The van der Waals surface area contributed by atoms with Gasteiger partial charge in [0.15, 0.2) is 0 Å². The van der Waals surface area contributed by atoms with E-state index in [0.29, 0.717) is 35.9 Å². The van der Waals surface area contributed by atoms with Crippen LogP contribution in [0.25, 0.3) is 0 Å². The molecule has 6 nitrogen and oxygen atoms in total. The quantitative estimate of drug-likeness (QED) is 0.451. The molecule has 0 radical (unpaired) electrons. The van der Waals surface area contributed by atoms with E-state index in [-0.39, 0.29) is 17.9 Å². The van der Waals surface area contributed by atoms with Crippen molar-refractivity contribution < 1.29 is 14.0 Å². The van der Waals surface area contributed by atoms with Gasteiger partial charge in [0.25, 0.3) is 11.8 Å². The fourth-order valence-electron chi connectivity index (χ4n) is 4.80. The summed E-state index contributed by atoms with van der Waals surface area (Å²) in [7, 11) is 1.89. The summed E-state index contributed by atoms with van der Waals surface area (Å²) in [5, 5.41) is 0.761. The number of aryl methyl sites for hydroxylation is 1. The average molecular weight is 478 g/mol. The highest BCUT2D eigenvalue weighted by Crippen LogP contribution is 2.29. The molecular weight excluding hydrogens is 446 g/mol. The molecule has 34 heavy (non-hydrogen) atoms. The maximum atomic E-state index is 13.3. The van der Waals surface area contributed by atoms with Crippen LogP contribution in [0, 0.1) is 12.8 Å². The molecule has 1 aliphatic rings. The second kappa shape index (κ2) is 10.9. The maximum absolute atomic E-state index is 13.3. The lowest BCUT2D eigenvalue weighted by atomic mass is 9.84. The average Bonchev–Trinajstić information content (AvgIpc) is 3.32. The minimum Gasteiger partial charge on any atom is -0.469 e. The zero-order valence-corrected chi connectivity index (χ0v) is 20.8. The number of amides is 2. The first kappa shape index (κ1) is 24.1. The fraction of sp³-hybridized carbons (Fsp3) is 0.370. The summed E-state index contributed by atoms with van der Waals surface area (Å²) in [5.74, 6) is 0.941. The van der Waals surface area contributed by atoms with Crippen molar-refractivity contribution in [3.8, 4) is 0 Å². The first-order valence-corrected chi connectivity index (χ1v) is 12.9. The number of hydrogen-bond acceptors (Lipinski definition) is 5.